The summed E-state index contributed by atoms with van der Waals surface area (Å²) in [6, 6.07) is 9.58. The van der Waals surface area contributed by atoms with E-state index in [1.165, 1.54) is 18.2 Å². The lowest BCUT2D eigenvalue weighted by Gasteiger charge is -2.10. The van der Waals surface area contributed by atoms with E-state index in [1.807, 2.05) is 43.3 Å². The molecule has 1 aromatic rings. The highest BCUT2D eigenvalue weighted by Crippen LogP contribution is 2.16. The van der Waals surface area contributed by atoms with E-state index >= 15 is 0 Å². The Balaban J connectivity index is 2.75. The summed E-state index contributed by atoms with van der Waals surface area (Å²) in [5.41, 5.74) is 1.63. The van der Waals surface area contributed by atoms with Crippen molar-refractivity contribution in [2.45, 2.75) is 13.8 Å². The molecule has 0 aliphatic heterocycles. The molecule has 1 aromatic carbocycles. The first-order valence-electron chi connectivity index (χ1n) is 8.26. The molecule has 0 aliphatic rings. The number of ether oxygens (including phenoxy) is 1. The topological polar surface area (TPSA) is 61.8 Å². The van der Waals surface area contributed by atoms with E-state index in [2.05, 4.69) is 11.5 Å². The third-order valence-corrected chi connectivity index (χ3v) is 3.28. The van der Waals surface area contributed by atoms with Crippen LogP contribution in [0.2, 0.25) is 0 Å². The highest BCUT2D eigenvalue weighted by atomic mass is 17.2. The Bertz CT molecular complexity index is 684. The smallest absolute Gasteiger partial charge is 0.191 e. The average Bonchev–Trinajstić information content (AvgIpc) is 2.68. The van der Waals surface area contributed by atoms with Gasteiger partial charge in [0.1, 0.15) is 25.3 Å². The third kappa shape index (κ3) is 7.42. The number of benzene rings is 1. The van der Waals surface area contributed by atoms with Crippen molar-refractivity contribution >= 4 is 17.8 Å². The lowest BCUT2D eigenvalue weighted by molar-refractivity contribution is -0.284. The van der Waals surface area contributed by atoms with Crippen LogP contribution in [0.15, 0.2) is 72.4 Å². The van der Waals surface area contributed by atoms with Gasteiger partial charge in [-0.05, 0) is 19.9 Å². The molecule has 0 N–H and O–H groups in total. The highest BCUT2D eigenvalue weighted by Gasteiger charge is 2.07. The van der Waals surface area contributed by atoms with Gasteiger partial charge in [0.2, 0.25) is 0 Å². The second kappa shape index (κ2) is 12.6. The molecular weight excluding hydrogens is 332 g/mol. The first-order chi connectivity index (χ1) is 12.7. The molecule has 0 unspecified atom stereocenters. The number of hydrogen-bond acceptors (Lipinski definition) is 5. The van der Waals surface area contributed by atoms with Gasteiger partial charge in [-0.25, -0.2) is 9.78 Å². The van der Waals surface area contributed by atoms with Gasteiger partial charge in [-0.2, -0.15) is 0 Å². The largest absolute Gasteiger partial charge is 0.489 e. The second-order valence-corrected chi connectivity index (χ2v) is 5.09. The number of ketones is 1. The van der Waals surface area contributed by atoms with Crippen LogP contribution in [-0.4, -0.2) is 31.9 Å². The molecule has 138 valence electrons. The Morgan fingerprint density at radius 1 is 1.12 bits per heavy atom. The molecule has 0 atom stereocenters. The van der Waals surface area contributed by atoms with Crippen molar-refractivity contribution < 1.29 is 24.1 Å². The number of hydrogen-bond donors (Lipinski definition) is 0. The van der Waals surface area contributed by atoms with Crippen LogP contribution < -0.4 is 0 Å². The summed E-state index contributed by atoms with van der Waals surface area (Å²) >= 11 is 0. The molecule has 0 spiro atoms. The maximum Gasteiger partial charge on any atom is 0.191 e. The van der Waals surface area contributed by atoms with Crippen LogP contribution in [0, 0.1) is 0 Å². The van der Waals surface area contributed by atoms with Crippen molar-refractivity contribution in [3.63, 3.8) is 0 Å². The number of aldehydes is 1. The summed E-state index contributed by atoms with van der Waals surface area (Å²) in [7, 11) is 0. The van der Waals surface area contributed by atoms with E-state index < -0.39 is 0 Å². The standard InChI is InChI=1S/C21H24O5/c1-4-18(20(23)16-26-25-6-3)13-12-17(14-22)15-24-21(5-2)19-10-8-7-9-11-19/h4-5,7-14H,1,6,15-16H2,2-3H3/b17-12-,18-13+,21-5-. The first kappa shape index (κ1) is 21.3. The van der Waals surface area contributed by atoms with E-state index in [1.54, 1.807) is 6.92 Å². The molecule has 0 aromatic heterocycles. The molecule has 0 heterocycles. The number of allylic oxidation sites excluding steroid dienone is 4. The van der Waals surface area contributed by atoms with Crippen LogP contribution in [0.3, 0.4) is 0 Å². The summed E-state index contributed by atoms with van der Waals surface area (Å²) in [6.45, 7) is 7.43. The first-order valence-corrected chi connectivity index (χ1v) is 8.26. The fourth-order valence-corrected chi connectivity index (χ4v) is 1.95. The third-order valence-electron chi connectivity index (χ3n) is 3.28. The van der Waals surface area contributed by atoms with Crippen LogP contribution in [0.25, 0.3) is 5.76 Å². The molecule has 0 aliphatic carbocycles. The average molecular weight is 356 g/mol. The van der Waals surface area contributed by atoms with E-state index in [4.69, 9.17) is 9.62 Å². The van der Waals surface area contributed by atoms with Gasteiger partial charge in [-0.3, -0.25) is 9.59 Å². The second-order valence-electron chi connectivity index (χ2n) is 5.09. The Hall–Kier alpha value is -2.76. The van der Waals surface area contributed by atoms with E-state index in [0.717, 1.165) is 5.56 Å². The van der Waals surface area contributed by atoms with Crippen molar-refractivity contribution in [3.8, 4) is 0 Å². The zero-order chi connectivity index (χ0) is 19.2. The molecule has 0 radical (unpaired) electrons. The quantitative estimate of drug-likeness (QED) is 0.108. The minimum atomic E-state index is -0.297. The van der Waals surface area contributed by atoms with Crippen LogP contribution in [0.1, 0.15) is 19.4 Å². The van der Waals surface area contributed by atoms with Gasteiger partial charge in [-0.15, -0.1) is 0 Å². The van der Waals surface area contributed by atoms with Crippen LogP contribution in [-0.2, 0) is 24.1 Å². The van der Waals surface area contributed by atoms with Crippen molar-refractivity contribution in [1.29, 1.82) is 0 Å². The zero-order valence-corrected chi connectivity index (χ0v) is 15.1. The predicted molar refractivity (Wildman–Crippen MR) is 101 cm³/mol. The monoisotopic (exact) mass is 356 g/mol. The van der Waals surface area contributed by atoms with Crippen molar-refractivity contribution in [3.05, 3.63) is 77.9 Å². The minimum Gasteiger partial charge on any atom is -0.489 e. The highest BCUT2D eigenvalue weighted by molar-refractivity contribution is 5.99. The Morgan fingerprint density at radius 3 is 2.42 bits per heavy atom. The van der Waals surface area contributed by atoms with Crippen LogP contribution in [0.5, 0.6) is 0 Å². The van der Waals surface area contributed by atoms with Gasteiger partial charge in [-0.1, -0.05) is 55.1 Å². The van der Waals surface area contributed by atoms with Gasteiger partial charge in [0.25, 0.3) is 0 Å². The summed E-state index contributed by atoms with van der Waals surface area (Å²) < 4.78 is 5.71. The van der Waals surface area contributed by atoms with Crippen LogP contribution >= 0.6 is 0 Å². The summed E-state index contributed by atoms with van der Waals surface area (Å²) in [5, 5.41) is 0. The SMILES string of the molecule is C=C/C(=C\C=C(\C=O)CO/C(=C\C)c1ccccc1)C(=O)COOCC. The van der Waals surface area contributed by atoms with Gasteiger partial charge in [0.15, 0.2) is 5.78 Å². The van der Waals surface area contributed by atoms with Gasteiger partial charge in [0.05, 0.1) is 6.61 Å². The van der Waals surface area contributed by atoms with Gasteiger partial charge < -0.3 is 4.74 Å². The molecule has 0 saturated carbocycles. The van der Waals surface area contributed by atoms with E-state index in [9.17, 15) is 9.59 Å². The molecule has 0 fully saturated rings. The van der Waals surface area contributed by atoms with Crippen molar-refractivity contribution in [2.75, 3.05) is 19.8 Å². The van der Waals surface area contributed by atoms with Crippen molar-refractivity contribution in [1.82, 2.24) is 0 Å². The predicted octanol–water partition coefficient (Wildman–Crippen LogP) is 3.84. The molecule has 26 heavy (non-hydrogen) atoms. The summed E-state index contributed by atoms with van der Waals surface area (Å²) in [5.74, 6) is 0.377. The van der Waals surface area contributed by atoms with E-state index in [0.29, 0.717) is 29.8 Å². The van der Waals surface area contributed by atoms with Gasteiger partial charge >= 0.3 is 0 Å². The lowest BCUT2D eigenvalue weighted by atomic mass is 10.1. The van der Waals surface area contributed by atoms with Gasteiger partial charge in [0, 0.05) is 16.7 Å². The number of carbonyl (C=O) groups excluding carboxylic acids is 2. The maximum absolute atomic E-state index is 11.9. The fraction of sp³-hybridized carbons (Fsp3) is 0.238. The Kier molecular flexibility index (Phi) is 10.3. The molecule has 0 saturated heterocycles. The van der Waals surface area contributed by atoms with Crippen molar-refractivity contribution in [2.24, 2.45) is 0 Å². The molecule has 1 rings (SSSR count). The molecule has 5 heteroatoms. The van der Waals surface area contributed by atoms with Crippen LogP contribution in [0.4, 0.5) is 0 Å². The molecule has 0 bridgehead atoms. The molecule has 5 nitrogen and oxygen atoms in total. The fourth-order valence-electron chi connectivity index (χ4n) is 1.95. The zero-order valence-electron chi connectivity index (χ0n) is 15.1. The summed E-state index contributed by atoms with van der Waals surface area (Å²) in [4.78, 5) is 32.6. The normalized spacial score (nSPS) is 12.6. The number of rotatable bonds is 12. The Morgan fingerprint density at radius 2 is 1.85 bits per heavy atom. The maximum atomic E-state index is 11.9. The Labute approximate surface area is 154 Å². The molecule has 0 amide bonds. The lowest BCUT2D eigenvalue weighted by Crippen LogP contribution is -2.10. The minimum absolute atomic E-state index is 0.0859. The van der Waals surface area contributed by atoms with E-state index in [-0.39, 0.29) is 19.0 Å². The summed E-state index contributed by atoms with van der Waals surface area (Å²) in [6.07, 6.45) is 6.96. The number of Topliss-reactive ketones (excluding diaryl/α,β-unsaturated/α-hetero) is 1. The number of carbonyl (C=O) groups is 2. The molecular formula is C21H24O5.